The van der Waals surface area contributed by atoms with E-state index in [-0.39, 0.29) is 11.5 Å². The summed E-state index contributed by atoms with van der Waals surface area (Å²) in [5, 5.41) is 10.7. The van der Waals surface area contributed by atoms with Crippen molar-refractivity contribution in [3.63, 3.8) is 0 Å². The van der Waals surface area contributed by atoms with E-state index in [9.17, 15) is 14.9 Å². The molecule has 0 aliphatic heterocycles. The second kappa shape index (κ2) is 3.43. The molecule has 1 unspecified atom stereocenters. The van der Waals surface area contributed by atoms with Crippen LogP contribution in [-0.4, -0.2) is 23.9 Å². The molecule has 1 aromatic carbocycles. The normalized spacial score (nSPS) is 19.0. The van der Waals surface area contributed by atoms with E-state index in [2.05, 4.69) is 0 Å². The summed E-state index contributed by atoms with van der Waals surface area (Å²) < 4.78 is 4.97. The number of ether oxygens (including phenoxy) is 1. The van der Waals surface area contributed by atoms with Crippen LogP contribution >= 0.6 is 0 Å². The minimum Gasteiger partial charge on any atom is -0.373 e. The van der Waals surface area contributed by atoms with Crippen molar-refractivity contribution in [3.8, 4) is 0 Å². The van der Waals surface area contributed by atoms with Gasteiger partial charge in [0.05, 0.1) is 4.92 Å². The zero-order chi connectivity index (χ0) is 11.0. The summed E-state index contributed by atoms with van der Waals surface area (Å²) in [5.74, 6) is -0.170. The predicted molar refractivity (Wildman–Crippen MR) is 51.9 cm³/mol. The lowest BCUT2D eigenvalue weighted by Gasteiger charge is -2.02. The van der Waals surface area contributed by atoms with Gasteiger partial charge in [-0.2, -0.15) is 0 Å². The first-order chi connectivity index (χ1) is 7.15. The van der Waals surface area contributed by atoms with Crippen molar-refractivity contribution in [3.05, 3.63) is 39.4 Å². The van der Waals surface area contributed by atoms with Crippen LogP contribution < -0.4 is 0 Å². The van der Waals surface area contributed by atoms with Crippen LogP contribution in [0.1, 0.15) is 15.9 Å². The number of fused-ring (bicyclic) bond motifs is 1. The summed E-state index contributed by atoms with van der Waals surface area (Å²) in [6, 6.07) is 4.53. The number of carbonyl (C=O) groups excluding carboxylic acids is 1. The fourth-order valence-electron chi connectivity index (χ4n) is 1.83. The highest BCUT2D eigenvalue weighted by Crippen LogP contribution is 2.31. The van der Waals surface area contributed by atoms with Gasteiger partial charge in [0.2, 0.25) is 0 Å². The molecule has 0 fully saturated rings. The van der Waals surface area contributed by atoms with Crippen LogP contribution in [0, 0.1) is 10.1 Å². The molecule has 0 spiro atoms. The number of rotatable bonds is 2. The number of nitro groups is 1. The molecule has 0 N–H and O–H groups in total. The van der Waals surface area contributed by atoms with Crippen LogP contribution in [0.25, 0.3) is 0 Å². The van der Waals surface area contributed by atoms with Gasteiger partial charge < -0.3 is 4.74 Å². The lowest BCUT2D eigenvalue weighted by atomic mass is 10.1. The second-order valence-corrected chi connectivity index (χ2v) is 3.35. The van der Waals surface area contributed by atoms with Gasteiger partial charge in [-0.05, 0) is 0 Å². The molecular weight excluding hydrogens is 198 g/mol. The Bertz CT molecular complexity index is 441. The van der Waals surface area contributed by atoms with Gasteiger partial charge in [0.15, 0.2) is 5.78 Å². The number of benzene rings is 1. The molecule has 0 heterocycles. The first kappa shape index (κ1) is 9.79. The fraction of sp³-hybridized carbons (Fsp3) is 0.300. The van der Waals surface area contributed by atoms with Gasteiger partial charge in [0, 0.05) is 30.7 Å². The summed E-state index contributed by atoms with van der Waals surface area (Å²) in [4.78, 5) is 21.9. The monoisotopic (exact) mass is 207 g/mol. The van der Waals surface area contributed by atoms with E-state index >= 15 is 0 Å². The van der Waals surface area contributed by atoms with Crippen LogP contribution in [0.5, 0.6) is 0 Å². The smallest absolute Gasteiger partial charge is 0.273 e. The number of nitrogens with zero attached hydrogens (tertiary/aromatic N) is 1. The van der Waals surface area contributed by atoms with Gasteiger partial charge in [0.1, 0.15) is 6.10 Å². The third kappa shape index (κ3) is 1.41. The summed E-state index contributed by atoms with van der Waals surface area (Å²) in [6.07, 6.45) is -0.275. The van der Waals surface area contributed by atoms with E-state index in [4.69, 9.17) is 4.74 Å². The molecular formula is C10H9NO4. The van der Waals surface area contributed by atoms with Crippen LogP contribution in [0.15, 0.2) is 18.2 Å². The van der Waals surface area contributed by atoms with Gasteiger partial charge >= 0.3 is 0 Å². The third-order valence-corrected chi connectivity index (χ3v) is 2.58. The molecule has 2 rings (SSSR count). The van der Waals surface area contributed by atoms with Gasteiger partial charge in [0.25, 0.3) is 5.69 Å². The number of hydrogen-bond donors (Lipinski definition) is 0. The summed E-state index contributed by atoms with van der Waals surface area (Å²) >= 11 is 0. The van der Waals surface area contributed by atoms with E-state index in [1.807, 2.05) is 0 Å². The first-order valence-electron chi connectivity index (χ1n) is 4.48. The number of ketones is 1. The highest BCUT2D eigenvalue weighted by molar-refractivity contribution is 6.04. The molecule has 0 radical (unpaired) electrons. The van der Waals surface area contributed by atoms with Crippen molar-refractivity contribution in [2.45, 2.75) is 12.5 Å². The van der Waals surface area contributed by atoms with E-state index in [1.54, 1.807) is 6.07 Å². The largest absolute Gasteiger partial charge is 0.373 e. The Labute approximate surface area is 85.8 Å². The third-order valence-electron chi connectivity index (χ3n) is 2.58. The van der Waals surface area contributed by atoms with E-state index < -0.39 is 11.0 Å². The average Bonchev–Trinajstić information content (AvgIpc) is 2.55. The summed E-state index contributed by atoms with van der Waals surface area (Å²) in [6.45, 7) is 0. The van der Waals surface area contributed by atoms with Gasteiger partial charge in [-0.3, -0.25) is 14.9 Å². The van der Waals surface area contributed by atoms with Crippen LogP contribution in [0.2, 0.25) is 0 Å². The number of Topliss-reactive ketones (excluding diaryl/α,β-unsaturated/α-hetero) is 1. The Balaban J connectivity index is 2.53. The molecule has 1 aliphatic carbocycles. The van der Waals surface area contributed by atoms with E-state index in [0.717, 1.165) is 0 Å². The maximum absolute atomic E-state index is 11.7. The topological polar surface area (TPSA) is 69.4 Å². The van der Waals surface area contributed by atoms with Gasteiger partial charge in [-0.15, -0.1) is 0 Å². The van der Waals surface area contributed by atoms with Gasteiger partial charge in [-0.1, -0.05) is 12.1 Å². The van der Waals surface area contributed by atoms with Crippen molar-refractivity contribution >= 4 is 11.5 Å². The predicted octanol–water partition coefficient (Wildman–Crippen LogP) is 1.35. The molecule has 0 amide bonds. The van der Waals surface area contributed by atoms with Crippen molar-refractivity contribution in [1.82, 2.24) is 0 Å². The first-order valence-corrected chi connectivity index (χ1v) is 4.48. The lowest BCUT2D eigenvalue weighted by Crippen LogP contribution is -2.17. The maximum atomic E-state index is 11.7. The molecule has 5 heteroatoms. The maximum Gasteiger partial charge on any atom is 0.273 e. The molecule has 15 heavy (non-hydrogen) atoms. The Kier molecular flexibility index (Phi) is 2.24. The van der Waals surface area contributed by atoms with Gasteiger partial charge in [-0.25, -0.2) is 0 Å². The molecule has 1 atom stereocenters. The lowest BCUT2D eigenvalue weighted by molar-refractivity contribution is -0.385. The Morgan fingerprint density at radius 2 is 2.27 bits per heavy atom. The summed E-state index contributed by atoms with van der Waals surface area (Å²) in [5.41, 5.74) is 0.899. The van der Waals surface area contributed by atoms with Crippen molar-refractivity contribution < 1.29 is 14.5 Å². The summed E-state index contributed by atoms with van der Waals surface area (Å²) in [7, 11) is 1.43. The fourth-order valence-corrected chi connectivity index (χ4v) is 1.83. The quantitative estimate of drug-likeness (QED) is 0.542. The molecule has 0 saturated carbocycles. The minimum absolute atomic E-state index is 0.000370. The van der Waals surface area contributed by atoms with E-state index in [0.29, 0.717) is 17.5 Å². The zero-order valence-electron chi connectivity index (χ0n) is 8.10. The molecule has 78 valence electrons. The zero-order valence-corrected chi connectivity index (χ0v) is 8.10. The van der Waals surface area contributed by atoms with Crippen LogP contribution in [0.3, 0.4) is 0 Å². The number of carbonyl (C=O) groups is 1. The Morgan fingerprint density at radius 3 is 2.87 bits per heavy atom. The highest BCUT2D eigenvalue weighted by atomic mass is 16.6. The highest BCUT2D eigenvalue weighted by Gasteiger charge is 2.35. The number of hydrogen-bond acceptors (Lipinski definition) is 4. The molecule has 0 bridgehead atoms. The molecule has 0 aromatic heterocycles. The van der Waals surface area contributed by atoms with Crippen LogP contribution in [0.4, 0.5) is 5.69 Å². The Hall–Kier alpha value is -1.75. The molecule has 5 nitrogen and oxygen atoms in total. The van der Waals surface area contributed by atoms with E-state index in [1.165, 1.54) is 19.2 Å². The number of nitro benzene ring substituents is 1. The standard InChI is InChI=1S/C10H9NO4/c1-15-9-5-7-6(10(9)12)3-2-4-8(7)11(13)14/h2-4,9H,5H2,1H3. The van der Waals surface area contributed by atoms with Crippen LogP contribution in [-0.2, 0) is 11.2 Å². The van der Waals surface area contributed by atoms with Crippen molar-refractivity contribution in [1.29, 1.82) is 0 Å². The minimum atomic E-state index is -0.568. The Morgan fingerprint density at radius 1 is 1.53 bits per heavy atom. The SMILES string of the molecule is COC1Cc2c(cccc2[N+](=O)[O-])C1=O. The second-order valence-electron chi connectivity index (χ2n) is 3.35. The molecule has 0 saturated heterocycles. The van der Waals surface area contributed by atoms with Crippen molar-refractivity contribution in [2.75, 3.05) is 7.11 Å². The van der Waals surface area contributed by atoms with Crippen molar-refractivity contribution in [2.24, 2.45) is 0 Å². The number of methoxy groups -OCH3 is 1. The molecule has 1 aliphatic rings. The molecule has 1 aromatic rings. The average molecular weight is 207 g/mol.